The number of hydrogen-bond acceptors (Lipinski definition) is 6. The van der Waals surface area contributed by atoms with E-state index in [1.165, 1.54) is 6.07 Å². The molecule has 9 heteroatoms. The summed E-state index contributed by atoms with van der Waals surface area (Å²) in [7, 11) is 0. The first-order chi connectivity index (χ1) is 20.0. The predicted molar refractivity (Wildman–Crippen MR) is 156 cm³/mol. The Morgan fingerprint density at radius 2 is 1.95 bits per heavy atom. The molecule has 226 valence electrons. The van der Waals surface area contributed by atoms with Gasteiger partial charge in [-0.3, -0.25) is 9.69 Å². The Bertz CT molecular complexity index is 1310. The molecule has 1 N–H and O–H groups in total. The van der Waals surface area contributed by atoms with Gasteiger partial charge in [-0.15, -0.1) is 0 Å². The lowest BCUT2D eigenvalue weighted by molar-refractivity contribution is -0.137. The van der Waals surface area contributed by atoms with E-state index in [1.54, 1.807) is 11.0 Å². The number of allylic oxidation sites excluding steroid dienone is 1. The Balaban J connectivity index is 1.28. The fraction of sp³-hybridized carbons (Fsp3) is 0.515. The standard InChI is InChI=1S/C33H41FN2O6/c1-22-17-33(21-39-20-29(37)35-33)28(36(22)31(38)42-32(2,3)4)19-40-25-15-13-24(14-16-25)26-11-8-12-27(34)30(26)41-18-23-9-6-5-7-10-23/h5-13,22,25,28H,14-21H2,1-4H3,(H,35,37). The van der Waals surface area contributed by atoms with Crippen LogP contribution in [0.5, 0.6) is 5.75 Å². The average molecular weight is 581 g/mol. The molecular weight excluding hydrogens is 539 g/mol. The second kappa shape index (κ2) is 12.4. The zero-order valence-electron chi connectivity index (χ0n) is 24.9. The molecule has 2 amide bonds. The molecule has 2 aromatic carbocycles. The van der Waals surface area contributed by atoms with Crippen LogP contribution in [0.1, 0.15) is 64.5 Å². The summed E-state index contributed by atoms with van der Waals surface area (Å²) in [4.78, 5) is 27.4. The van der Waals surface area contributed by atoms with E-state index in [2.05, 4.69) is 11.4 Å². The van der Waals surface area contributed by atoms with E-state index in [0.717, 1.165) is 23.1 Å². The Labute approximate surface area is 247 Å². The quantitative estimate of drug-likeness (QED) is 0.456. The second-order valence-electron chi connectivity index (χ2n) is 12.5. The van der Waals surface area contributed by atoms with Crippen molar-refractivity contribution in [3.63, 3.8) is 0 Å². The van der Waals surface area contributed by atoms with Crippen molar-refractivity contribution in [3.8, 4) is 5.75 Å². The minimum absolute atomic E-state index is 0.00345. The summed E-state index contributed by atoms with van der Waals surface area (Å²) in [5.74, 6) is -0.327. The molecule has 4 unspecified atom stereocenters. The normalized spacial score (nSPS) is 26.1. The van der Waals surface area contributed by atoms with Crippen molar-refractivity contribution in [1.82, 2.24) is 10.2 Å². The summed E-state index contributed by atoms with van der Waals surface area (Å²) in [6, 6.07) is 14.1. The number of rotatable bonds is 7. The number of amides is 2. The Morgan fingerprint density at radius 3 is 2.64 bits per heavy atom. The van der Waals surface area contributed by atoms with E-state index < -0.39 is 23.3 Å². The highest BCUT2D eigenvalue weighted by Crippen LogP contribution is 2.39. The lowest BCUT2D eigenvalue weighted by Gasteiger charge is -2.41. The summed E-state index contributed by atoms with van der Waals surface area (Å²) < 4.78 is 38.6. The van der Waals surface area contributed by atoms with Crippen LogP contribution in [0.2, 0.25) is 0 Å². The summed E-state index contributed by atoms with van der Waals surface area (Å²) >= 11 is 0. The molecule has 0 bridgehead atoms. The molecule has 0 saturated carbocycles. The van der Waals surface area contributed by atoms with Crippen molar-refractivity contribution >= 4 is 17.6 Å². The van der Waals surface area contributed by atoms with Gasteiger partial charge < -0.3 is 24.3 Å². The van der Waals surface area contributed by atoms with Gasteiger partial charge in [0, 0.05) is 11.6 Å². The van der Waals surface area contributed by atoms with Gasteiger partial charge in [-0.1, -0.05) is 48.5 Å². The molecule has 2 aromatic rings. The van der Waals surface area contributed by atoms with E-state index in [4.69, 9.17) is 18.9 Å². The van der Waals surface area contributed by atoms with Gasteiger partial charge in [0.15, 0.2) is 11.6 Å². The largest absolute Gasteiger partial charge is 0.485 e. The molecule has 0 radical (unpaired) electrons. The number of ether oxygens (including phenoxy) is 4. The maximum Gasteiger partial charge on any atom is 0.410 e. The van der Waals surface area contributed by atoms with Crippen LogP contribution in [-0.4, -0.2) is 66.0 Å². The maximum absolute atomic E-state index is 14.9. The van der Waals surface area contributed by atoms with Gasteiger partial charge in [-0.2, -0.15) is 0 Å². The fourth-order valence-corrected chi connectivity index (χ4v) is 6.23. The molecule has 42 heavy (non-hydrogen) atoms. The number of nitrogens with zero attached hydrogens (tertiary/aromatic N) is 1. The molecule has 2 heterocycles. The topological polar surface area (TPSA) is 86.3 Å². The number of nitrogens with one attached hydrogen (secondary N) is 1. The molecule has 3 aliphatic rings. The van der Waals surface area contributed by atoms with E-state index in [1.807, 2.05) is 64.1 Å². The van der Waals surface area contributed by atoms with E-state index in [0.29, 0.717) is 25.9 Å². The Morgan fingerprint density at radius 1 is 1.17 bits per heavy atom. The van der Waals surface area contributed by atoms with Gasteiger partial charge in [0.25, 0.3) is 0 Å². The van der Waals surface area contributed by atoms with Crippen molar-refractivity contribution in [1.29, 1.82) is 0 Å². The van der Waals surface area contributed by atoms with Crippen molar-refractivity contribution in [3.05, 3.63) is 71.6 Å². The molecule has 8 nitrogen and oxygen atoms in total. The average Bonchev–Trinajstić information content (AvgIpc) is 3.20. The predicted octanol–water partition coefficient (Wildman–Crippen LogP) is 5.64. The van der Waals surface area contributed by atoms with Gasteiger partial charge in [0.05, 0.1) is 30.9 Å². The first-order valence-corrected chi connectivity index (χ1v) is 14.7. The number of morpholine rings is 1. The number of likely N-dealkylation sites (tertiary alicyclic amines) is 1. The smallest absolute Gasteiger partial charge is 0.410 e. The minimum atomic E-state index is -0.742. The highest BCUT2D eigenvalue weighted by molar-refractivity contribution is 5.79. The monoisotopic (exact) mass is 580 g/mol. The van der Waals surface area contributed by atoms with Crippen molar-refractivity contribution in [2.24, 2.45) is 0 Å². The summed E-state index contributed by atoms with van der Waals surface area (Å²) in [6.07, 6.45) is 4.16. The van der Waals surface area contributed by atoms with Crippen LogP contribution in [0.3, 0.4) is 0 Å². The Hall–Kier alpha value is -3.43. The van der Waals surface area contributed by atoms with Gasteiger partial charge in [0.2, 0.25) is 5.91 Å². The highest BCUT2D eigenvalue weighted by atomic mass is 19.1. The van der Waals surface area contributed by atoms with Crippen LogP contribution in [-0.2, 0) is 25.6 Å². The van der Waals surface area contributed by atoms with E-state index in [9.17, 15) is 14.0 Å². The summed E-state index contributed by atoms with van der Waals surface area (Å²) in [5.41, 5.74) is 1.35. The zero-order valence-corrected chi connectivity index (χ0v) is 24.9. The van der Waals surface area contributed by atoms with Crippen LogP contribution >= 0.6 is 0 Å². The third-order valence-electron chi connectivity index (χ3n) is 8.09. The number of para-hydroxylation sites is 1. The minimum Gasteiger partial charge on any atom is -0.485 e. The SMILES string of the molecule is CC1CC2(COCC(=O)N2)C(COC2CC=C(c3cccc(F)c3OCc3ccccc3)CC2)N1C(=O)OC(C)(C)C. The first-order valence-electron chi connectivity index (χ1n) is 14.7. The maximum atomic E-state index is 14.9. The lowest BCUT2D eigenvalue weighted by atomic mass is 9.88. The third kappa shape index (κ3) is 6.79. The van der Waals surface area contributed by atoms with Gasteiger partial charge >= 0.3 is 6.09 Å². The van der Waals surface area contributed by atoms with Crippen LogP contribution < -0.4 is 10.1 Å². The van der Waals surface area contributed by atoms with Crippen molar-refractivity contribution in [2.75, 3.05) is 19.8 Å². The molecular formula is C33H41FN2O6. The van der Waals surface area contributed by atoms with Gasteiger partial charge in [-0.25, -0.2) is 9.18 Å². The third-order valence-corrected chi connectivity index (χ3v) is 8.09. The molecule has 0 aromatic heterocycles. The van der Waals surface area contributed by atoms with Crippen LogP contribution in [0.4, 0.5) is 9.18 Å². The number of carbonyl (C=O) groups excluding carboxylic acids is 2. The molecule has 1 spiro atoms. The number of benzene rings is 2. The zero-order chi connectivity index (χ0) is 29.9. The molecule has 2 fully saturated rings. The second-order valence-corrected chi connectivity index (χ2v) is 12.5. The molecule has 2 saturated heterocycles. The number of halogens is 1. The van der Waals surface area contributed by atoms with Crippen molar-refractivity contribution < 1.29 is 32.9 Å². The van der Waals surface area contributed by atoms with Gasteiger partial charge in [-0.05, 0) is 70.6 Å². The molecule has 2 aliphatic heterocycles. The number of carbonyl (C=O) groups is 2. The Kier molecular flexibility index (Phi) is 8.89. The van der Waals surface area contributed by atoms with Crippen LogP contribution in [0.15, 0.2) is 54.6 Å². The highest BCUT2D eigenvalue weighted by Gasteiger charge is 2.56. The fourth-order valence-electron chi connectivity index (χ4n) is 6.23. The lowest BCUT2D eigenvalue weighted by Crippen LogP contribution is -2.65. The molecule has 1 aliphatic carbocycles. The van der Waals surface area contributed by atoms with E-state index in [-0.39, 0.29) is 49.4 Å². The summed E-state index contributed by atoms with van der Waals surface area (Å²) in [6.45, 7) is 8.28. The van der Waals surface area contributed by atoms with Crippen LogP contribution in [0, 0.1) is 5.82 Å². The van der Waals surface area contributed by atoms with Crippen LogP contribution in [0.25, 0.3) is 5.57 Å². The summed E-state index contributed by atoms with van der Waals surface area (Å²) in [5, 5.41) is 3.12. The number of hydrogen-bond donors (Lipinski definition) is 1. The molecule has 4 atom stereocenters. The van der Waals surface area contributed by atoms with Gasteiger partial charge in [0.1, 0.15) is 18.8 Å². The van der Waals surface area contributed by atoms with Crippen molar-refractivity contribution in [2.45, 2.75) is 89.3 Å². The molecule has 5 rings (SSSR count). The van der Waals surface area contributed by atoms with E-state index >= 15 is 0 Å². The first kappa shape index (κ1) is 30.0.